The summed E-state index contributed by atoms with van der Waals surface area (Å²) < 4.78 is 16.3. The Morgan fingerprint density at radius 3 is 2.50 bits per heavy atom. The molecule has 0 spiro atoms. The highest BCUT2D eigenvalue weighted by molar-refractivity contribution is 7.83. The third kappa shape index (κ3) is 3.43. The number of nitrogens with zero attached hydrogens (tertiary/aromatic N) is 1. The van der Waals surface area contributed by atoms with Crippen molar-refractivity contribution >= 4 is 39.9 Å². The van der Waals surface area contributed by atoms with Gasteiger partial charge in [-0.2, -0.15) is 15.7 Å². The molecule has 0 aliphatic heterocycles. The molecule has 0 aliphatic rings. The number of hydrogen-bond acceptors (Lipinski definition) is 3. The van der Waals surface area contributed by atoms with Crippen LogP contribution in [0.2, 0.25) is 0 Å². The summed E-state index contributed by atoms with van der Waals surface area (Å²) in [6.45, 7) is 4.13. The molecule has 0 saturated carbocycles. The molecule has 2 aromatic heterocycles. The van der Waals surface area contributed by atoms with Crippen LogP contribution in [0, 0.1) is 13.8 Å². The van der Waals surface area contributed by atoms with Crippen LogP contribution < -0.4 is 0 Å². The van der Waals surface area contributed by atoms with Crippen molar-refractivity contribution in [3.63, 3.8) is 0 Å². The normalized spacial score (nSPS) is 12.8. The predicted octanol–water partition coefficient (Wildman–Crippen LogP) is 5.24. The number of rotatable bonds is 4. The smallest absolute Gasteiger partial charge is 0.172 e. The van der Waals surface area contributed by atoms with Crippen LogP contribution in [0.5, 0.6) is 0 Å². The van der Waals surface area contributed by atoms with Crippen LogP contribution in [-0.4, -0.2) is 10.4 Å². The summed E-state index contributed by atoms with van der Waals surface area (Å²) in [6.07, 6.45) is 1.70. The molecule has 0 radical (unpaired) electrons. The fraction of sp³-hybridized carbons (Fsp3) is 0.118. The number of aryl methyl sites for hydroxylation is 2. The van der Waals surface area contributed by atoms with Gasteiger partial charge < -0.3 is 0 Å². The van der Waals surface area contributed by atoms with E-state index in [9.17, 15) is 4.21 Å². The molecule has 0 amide bonds. The topological polar surface area (TPSA) is 29.4 Å². The van der Waals surface area contributed by atoms with Crippen LogP contribution in [-0.2, 0) is 11.0 Å². The minimum atomic E-state index is -1.35. The molecule has 3 rings (SSSR count). The van der Waals surface area contributed by atoms with Gasteiger partial charge in [0.2, 0.25) is 0 Å². The van der Waals surface area contributed by atoms with Crippen LogP contribution in [0.3, 0.4) is 0 Å². The highest BCUT2D eigenvalue weighted by Gasteiger charge is 2.06. The van der Waals surface area contributed by atoms with Crippen LogP contribution >= 0.6 is 22.7 Å². The van der Waals surface area contributed by atoms with Crippen molar-refractivity contribution in [2.24, 2.45) is 4.40 Å². The molecular formula is C17H15NOS3. The van der Waals surface area contributed by atoms with Gasteiger partial charge in [0.1, 0.15) is 0 Å². The molecule has 0 aliphatic carbocycles. The van der Waals surface area contributed by atoms with E-state index in [1.165, 1.54) is 16.0 Å². The van der Waals surface area contributed by atoms with Gasteiger partial charge in [0.05, 0.1) is 11.1 Å². The summed E-state index contributed by atoms with van der Waals surface area (Å²) in [5.41, 5.74) is 3.71. The summed E-state index contributed by atoms with van der Waals surface area (Å²) in [7, 11) is -1.35. The molecule has 22 heavy (non-hydrogen) atoms. The first-order valence-corrected chi connectivity index (χ1v) is 9.66. The van der Waals surface area contributed by atoms with E-state index in [0.717, 1.165) is 15.3 Å². The zero-order valence-corrected chi connectivity index (χ0v) is 14.7. The summed E-state index contributed by atoms with van der Waals surface area (Å²) >= 11 is 3.38. The molecule has 2 nitrogen and oxygen atoms in total. The van der Waals surface area contributed by atoms with E-state index in [4.69, 9.17) is 0 Å². The maximum atomic E-state index is 12.1. The largest absolute Gasteiger partial charge is 0.229 e. The summed E-state index contributed by atoms with van der Waals surface area (Å²) in [5, 5.41) is 4.31. The van der Waals surface area contributed by atoms with E-state index in [-0.39, 0.29) is 0 Å². The third-order valence-corrected chi connectivity index (χ3v) is 6.13. The van der Waals surface area contributed by atoms with Gasteiger partial charge in [-0.25, -0.2) is 4.21 Å². The van der Waals surface area contributed by atoms with Gasteiger partial charge >= 0.3 is 0 Å². The lowest BCUT2D eigenvalue weighted by atomic mass is 10.2. The minimum absolute atomic E-state index is 0.729. The standard InChI is InChI=1S/C17H15NOS3/c1-12-3-6-15(7-4-12)22(19)18-9-14-5-8-17(21-14)16-11-20-10-13(16)2/h3-11H,1-2H3/t22-/m1/s1. The van der Waals surface area contributed by atoms with E-state index < -0.39 is 11.0 Å². The lowest BCUT2D eigenvalue weighted by Crippen LogP contribution is -1.88. The van der Waals surface area contributed by atoms with Crippen LogP contribution in [0.1, 0.15) is 16.0 Å². The zero-order valence-electron chi connectivity index (χ0n) is 12.3. The molecule has 1 atom stereocenters. The molecule has 0 unspecified atom stereocenters. The summed E-state index contributed by atoms with van der Waals surface area (Å²) in [5.74, 6) is 0. The van der Waals surface area contributed by atoms with Crippen LogP contribution in [0.25, 0.3) is 10.4 Å². The van der Waals surface area contributed by atoms with E-state index >= 15 is 0 Å². The number of hydrogen-bond donors (Lipinski definition) is 0. The monoisotopic (exact) mass is 345 g/mol. The van der Waals surface area contributed by atoms with Gasteiger partial charge in [-0.15, -0.1) is 11.3 Å². The Labute approximate surface area is 140 Å². The van der Waals surface area contributed by atoms with Gasteiger partial charge in [-0.1, -0.05) is 17.7 Å². The Hall–Kier alpha value is -1.56. The second-order valence-electron chi connectivity index (χ2n) is 4.97. The van der Waals surface area contributed by atoms with E-state index in [0.29, 0.717) is 0 Å². The Kier molecular flexibility index (Phi) is 4.66. The minimum Gasteiger partial charge on any atom is -0.229 e. The Bertz CT molecular complexity index is 828. The molecular weight excluding hydrogens is 330 g/mol. The first-order valence-electron chi connectivity index (χ1n) is 6.79. The van der Waals surface area contributed by atoms with Gasteiger partial charge in [0.25, 0.3) is 0 Å². The van der Waals surface area contributed by atoms with Crippen molar-refractivity contribution in [2.45, 2.75) is 18.7 Å². The second kappa shape index (κ2) is 6.69. The fourth-order valence-corrected chi connectivity index (χ4v) is 4.65. The van der Waals surface area contributed by atoms with Crippen molar-refractivity contribution in [2.75, 3.05) is 0 Å². The summed E-state index contributed by atoms with van der Waals surface area (Å²) in [4.78, 5) is 2.97. The van der Waals surface area contributed by atoms with Gasteiger partial charge in [-0.3, -0.25) is 0 Å². The Morgan fingerprint density at radius 1 is 1.05 bits per heavy atom. The average molecular weight is 346 g/mol. The predicted molar refractivity (Wildman–Crippen MR) is 97.6 cm³/mol. The zero-order chi connectivity index (χ0) is 15.5. The maximum absolute atomic E-state index is 12.1. The molecule has 3 aromatic rings. The van der Waals surface area contributed by atoms with Gasteiger partial charge in [-0.05, 0) is 54.4 Å². The lowest BCUT2D eigenvalue weighted by molar-refractivity contribution is 0.684. The Morgan fingerprint density at radius 2 is 1.82 bits per heavy atom. The molecule has 2 heterocycles. The molecule has 0 fully saturated rings. The number of benzene rings is 1. The second-order valence-corrected chi connectivity index (χ2v) is 8.01. The first-order chi connectivity index (χ1) is 10.6. The van der Waals surface area contributed by atoms with Gasteiger partial charge in [0, 0.05) is 15.3 Å². The maximum Gasteiger partial charge on any atom is 0.172 e. The van der Waals surface area contributed by atoms with E-state index in [1.807, 2.05) is 37.3 Å². The highest BCUT2D eigenvalue weighted by atomic mass is 32.2. The fourth-order valence-electron chi connectivity index (χ4n) is 2.00. The Balaban J connectivity index is 1.76. The lowest BCUT2D eigenvalue weighted by Gasteiger charge is -1.96. The van der Waals surface area contributed by atoms with Crippen molar-refractivity contribution in [3.8, 4) is 10.4 Å². The molecule has 1 aromatic carbocycles. The SMILES string of the molecule is Cc1ccc([S@@](=O)N=Cc2ccc(-c3cscc3C)s2)cc1. The van der Waals surface area contributed by atoms with Crippen molar-refractivity contribution in [1.82, 2.24) is 0 Å². The van der Waals surface area contributed by atoms with Crippen molar-refractivity contribution in [1.29, 1.82) is 0 Å². The molecule has 0 bridgehead atoms. The van der Waals surface area contributed by atoms with E-state index in [1.54, 1.807) is 28.9 Å². The van der Waals surface area contributed by atoms with Gasteiger partial charge in [0.15, 0.2) is 11.0 Å². The molecule has 0 N–H and O–H groups in total. The average Bonchev–Trinajstić information content (AvgIpc) is 3.14. The van der Waals surface area contributed by atoms with Crippen molar-refractivity contribution < 1.29 is 4.21 Å². The van der Waals surface area contributed by atoms with Crippen LogP contribution in [0.4, 0.5) is 0 Å². The molecule has 0 saturated heterocycles. The van der Waals surface area contributed by atoms with Crippen molar-refractivity contribution in [3.05, 3.63) is 63.2 Å². The quantitative estimate of drug-likeness (QED) is 0.595. The molecule has 5 heteroatoms. The van der Waals surface area contributed by atoms with E-state index in [2.05, 4.69) is 28.1 Å². The number of thiophene rings is 2. The summed E-state index contributed by atoms with van der Waals surface area (Å²) in [6, 6.07) is 11.7. The van der Waals surface area contributed by atoms with Crippen LogP contribution in [0.15, 0.2) is 56.5 Å². The molecule has 112 valence electrons. The first kappa shape index (κ1) is 15.3. The third-order valence-electron chi connectivity index (χ3n) is 3.25. The highest BCUT2D eigenvalue weighted by Crippen LogP contribution is 2.32.